The highest BCUT2D eigenvalue weighted by molar-refractivity contribution is 7.92. The molecular formula is C17H15N3O3S2. The fraction of sp³-hybridized carbons (Fsp3) is 0.118. The lowest BCUT2D eigenvalue weighted by Crippen LogP contribution is -2.10. The third-order valence-electron chi connectivity index (χ3n) is 3.84. The molecule has 2 aromatic heterocycles. The Bertz CT molecular complexity index is 1160. The van der Waals surface area contributed by atoms with Crippen LogP contribution in [0.15, 0.2) is 42.5 Å². The summed E-state index contributed by atoms with van der Waals surface area (Å²) in [5.74, 6) is 0.448. The Morgan fingerprint density at radius 2 is 2.00 bits per heavy atom. The maximum Gasteiger partial charge on any atom is 0.229 e. The molecule has 0 aliphatic rings. The molecule has 0 amide bonds. The molecule has 4 rings (SSSR count). The topological polar surface area (TPSA) is 84.1 Å². The summed E-state index contributed by atoms with van der Waals surface area (Å²) in [6.07, 6.45) is 1.11. The minimum Gasteiger partial charge on any atom is -0.494 e. The first-order valence-electron chi connectivity index (χ1n) is 7.48. The summed E-state index contributed by atoms with van der Waals surface area (Å²) in [4.78, 5) is 0.988. The zero-order chi connectivity index (χ0) is 17.6. The quantitative estimate of drug-likeness (QED) is 0.569. The number of nitrogens with one attached hydrogen (secondary N) is 2. The van der Waals surface area contributed by atoms with Crippen molar-refractivity contribution in [3.63, 3.8) is 0 Å². The van der Waals surface area contributed by atoms with Crippen LogP contribution in [0.25, 0.3) is 31.6 Å². The molecule has 0 atom stereocenters. The zero-order valence-corrected chi connectivity index (χ0v) is 15.2. The molecule has 4 aromatic rings. The van der Waals surface area contributed by atoms with Gasteiger partial charge in [0, 0.05) is 4.70 Å². The number of ether oxygens (including phenoxy) is 1. The van der Waals surface area contributed by atoms with E-state index in [1.807, 2.05) is 12.1 Å². The van der Waals surface area contributed by atoms with Crippen LogP contribution in [0.2, 0.25) is 0 Å². The fourth-order valence-electron chi connectivity index (χ4n) is 2.85. The van der Waals surface area contributed by atoms with Gasteiger partial charge in [-0.2, -0.15) is 5.10 Å². The van der Waals surface area contributed by atoms with E-state index in [4.69, 9.17) is 4.74 Å². The first kappa shape index (κ1) is 15.9. The standard InChI is InChI=1S/C17H15N3O3S2/c1-23-17-12(20-25(2,21)22)8-7-11-15(17)16(19-18-11)14-9-10-5-3-4-6-13(10)24-14/h3-9,20H,1-2H3,(H,18,19). The van der Waals surface area contributed by atoms with Gasteiger partial charge >= 0.3 is 0 Å². The van der Waals surface area contributed by atoms with Gasteiger partial charge in [0.15, 0.2) is 5.75 Å². The van der Waals surface area contributed by atoms with Crippen molar-refractivity contribution in [2.75, 3.05) is 18.1 Å². The molecule has 0 unspecified atom stereocenters. The van der Waals surface area contributed by atoms with Crippen molar-refractivity contribution < 1.29 is 13.2 Å². The van der Waals surface area contributed by atoms with Crippen molar-refractivity contribution in [1.82, 2.24) is 10.2 Å². The monoisotopic (exact) mass is 373 g/mol. The first-order chi connectivity index (χ1) is 12.0. The molecular weight excluding hydrogens is 358 g/mol. The van der Waals surface area contributed by atoms with Crippen molar-refractivity contribution in [1.29, 1.82) is 0 Å². The third kappa shape index (κ3) is 2.83. The summed E-state index contributed by atoms with van der Waals surface area (Å²) >= 11 is 1.63. The lowest BCUT2D eigenvalue weighted by Gasteiger charge is -2.11. The minimum atomic E-state index is -3.42. The molecule has 2 N–H and O–H groups in total. The smallest absolute Gasteiger partial charge is 0.229 e. The number of aromatic amines is 1. The number of H-pyrrole nitrogens is 1. The van der Waals surface area contributed by atoms with Crippen molar-refractivity contribution in [2.45, 2.75) is 0 Å². The van der Waals surface area contributed by atoms with Gasteiger partial charge in [0.05, 0.1) is 34.8 Å². The van der Waals surface area contributed by atoms with E-state index >= 15 is 0 Å². The van der Waals surface area contributed by atoms with Crippen LogP contribution in [-0.4, -0.2) is 32.0 Å². The van der Waals surface area contributed by atoms with Gasteiger partial charge in [-0.15, -0.1) is 11.3 Å². The van der Waals surface area contributed by atoms with Crippen molar-refractivity contribution in [3.05, 3.63) is 42.5 Å². The number of rotatable bonds is 4. The van der Waals surface area contributed by atoms with Crippen molar-refractivity contribution >= 4 is 48.0 Å². The molecule has 2 aromatic carbocycles. The van der Waals surface area contributed by atoms with Gasteiger partial charge in [-0.25, -0.2) is 8.42 Å². The number of sulfonamides is 1. The maximum absolute atomic E-state index is 11.6. The Morgan fingerprint density at radius 3 is 2.72 bits per heavy atom. The lowest BCUT2D eigenvalue weighted by molar-refractivity contribution is 0.422. The van der Waals surface area contributed by atoms with Crippen LogP contribution in [0.3, 0.4) is 0 Å². The molecule has 8 heteroatoms. The van der Waals surface area contributed by atoms with Gasteiger partial charge in [-0.1, -0.05) is 18.2 Å². The highest BCUT2D eigenvalue weighted by Crippen LogP contribution is 2.42. The second-order valence-corrected chi connectivity index (χ2v) is 8.50. The van der Waals surface area contributed by atoms with Crippen LogP contribution in [0.1, 0.15) is 0 Å². The number of aromatic nitrogens is 2. The van der Waals surface area contributed by atoms with Crippen LogP contribution in [-0.2, 0) is 10.0 Å². The van der Waals surface area contributed by atoms with Gasteiger partial charge in [0.1, 0.15) is 5.69 Å². The Kier molecular flexibility index (Phi) is 3.66. The second kappa shape index (κ2) is 5.75. The van der Waals surface area contributed by atoms with E-state index in [1.165, 1.54) is 7.11 Å². The van der Waals surface area contributed by atoms with Crippen LogP contribution in [0.5, 0.6) is 5.75 Å². The Morgan fingerprint density at radius 1 is 1.20 bits per heavy atom. The Labute approximate surface area is 148 Å². The van der Waals surface area contributed by atoms with Gasteiger partial charge in [-0.05, 0) is 29.7 Å². The predicted octanol–water partition coefficient (Wildman–Crippen LogP) is 3.82. The van der Waals surface area contributed by atoms with Gasteiger partial charge in [-0.3, -0.25) is 9.82 Å². The predicted molar refractivity (Wildman–Crippen MR) is 102 cm³/mol. The van der Waals surface area contributed by atoms with E-state index in [9.17, 15) is 8.42 Å². The van der Waals surface area contributed by atoms with Crippen molar-refractivity contribution in [2.24, 2.45) is 0 Å². The van der Waals surface area contributed by atoms with Crippen LogP contribution in [0, 0.1) is 0 Å². The molecule has 0 bridgehead atoms. The number of hydrogen-bond donors (Lipinski definition) is 2. The maximum atomic E-state index is 11.6. The fourth-order valence-corrected chi connectivity index (χ4v) is 4.47. The third-order valence-corrected chi connectivity index (χ3v) is 5.55. The number of fused-ring (bicyclic) bond motifs is 2. The molecule has 0 fully saturated rings. The molecule has 0 saturated heterocycles. The lowest BCUT2D eigenvalue weighted by atomic mass is 10.1. The first-order valence-corrected chi connectivity index (χ1v) is 10.2. The molecule has 0 saturated carbocycles. The van der Waals surface area contributed by atoms with E-state index in [1.54, 1.807) is 23.5 Å². The summed E-state index contributed by atoms with van der Waals surface area (Å²) < 4.78 is 32.4. The summed E-state index contributed by atoms with van der Waals surface area (Å²) in [5, 5.41) is 9.32. The second-order valence-electron chi connectivity index (χ2n) is 5.66. The highest BCUT2D eigenvalue weighted by Gasteiger charge is 2.19. The molecule has 0 aliphatic heterocycles. The SMILES string of the molecule is COc1c(NS(C)(=O)=O)ccc2[nH]nc(-c3cc4ccccc4s3)c12. The summed E-state index contributed by atoms with van der Waals surface area (Å²) in [7, 11) is -1.90. The summed E-state index contributed by atoms with van der Waals surface area (Å²) in [6.45, 7) is 0. The molecule has 0 aliphatic carbocycles. The average molecular weight is 373 g/mol. The summed E-state index contributed by atoms with van der Waals surface area (Å²) in [5.41, 5.74) is 1.91. The van der Waals surface area contributed by atoms with E-state index in [0.29, 0.717) is 11.4 Å². The zero-order valence-electron chi connectivity index (χ0n) is 13.5. The average Bonchev–Trinajstić information content (AvgIpc) is 3.16. The molecule has 2 heterocycles. The number of nitrogens with zero attached hydrogens (tertiary/aromatic N) is 1. The number of hydrogen-bond acceptors (Lipinski definition) is 5. The Balaban J connectivity index is 1.96. The largest absolute Gasteiger partial charge is 0.494 e. The van der Waals surface area contributed by atoms with E-state index in [2.05, 4.69) is 33.1 Å². The number of thiophene rings is 1. The summed E-state index contributed by atoms with van der Waals surface area (Å²) in [6, 6.07) is 13.6. The van der Waals surface area contributed by atoms with Crippen molar-refractivity contribution in [3.8, 4) is 16.3 Å². The minimum absolute atomic E-state index is 0.390. The van der Waals surface area contributed by atoms with Crippen LogP contribution in [0.4, 0.5) is 5.69 Å². The Hall–Kier alpha value is -2.58. The molecule has 0 radical (unpaired) electrons. The van der Waals surface area contributed by atoms with Crippen LogP contribution >= 0.6 is 11.3 Å². The van der Waals surface area contributed by atoms with Gasteiger partial charge in [0.2, 0.25) is 10.0 Å². The van der Waals surface area contributed by atoms with Gasteiger partial charge < -0.3 is 4.74 Å². The highest BCUT2D eigenvalue weighted by atomic mass is 32.2. The van der Waals surface area contributed by atoms with Gasteiger partial charge in [0.25, 0.3) is 0 Å². The molecule has 6 nitrogen and oxygen atoms in total. The van der Waals surface area contributed by atoms with Crippen LogP contribution < -0.4 is 9.46 Å². The van der Waals surface area contributed by atoms with E-state index < -0.39 is 10.0 Å². The number of benzene rings is 2. The molecule has 128 valence electrons. The number of anilines is 1. The normalized spacial score (nSPS) is 11.9. The van der Waals surface area contributed by atoms with E-state index in [0.717, 1.165) is 37.8 Å². The van der Waals surface area contributed by atoms with E-state index in [-0.39, 0.29) is 0 Å². The molecule has 25 heavy (non-hydrogen) atoms. The number of methoxy groups -OCH3 is 1. The molecule has 0 spiro atoms.